The molecule has 0 fully saturated rings. The van der Waals surface area contributed by atoms with Crippen molar-refractivity contribution in [3.8, 4) is 17.2 Å². The number of carboxylic acids is 1. The zero-order valence-electron chi connectivity index (χ0n) is 17.3. The van der Waals surface area contributed by atoms with Gasteiger partial charge in [-0.25, -0.2) is 4.79 Å². The molecule has 0 amide bonds. The van der Waals surface area contributed by atoms with Gasteiger partial charge in [0, 0.05) is 0 Å². The molecule has 0 saturated carbocycles. The lowest BCUT2D eigenvalue weighted by Crippen LogP contribution is -2.11. The number of phenols is 1. The predicted octanol–water partition coefficient (Wildman–Crippen LogP) is 4.57. The van der Waals surface area contributed by atoms with Crippen LogP contribution >= 0.6 is 0 Å². The molecular formula is C23H20F3NO6. The number of carboxylic acid groups (broad SMARTS) is 1. The van der Waals surface area contributed by atoms with Gasteiger partial charge >= 0.3 is 12.1 Å². The Morgan fingerprint density at radius 3 is 2.45 bits per heavy atom. The fourth-order valence-corrected chi connectivity index (χ4v) is 2.68. The number of benzene rings is 2. The van der Waals surface area contributed by atoms with E-state index in [4.69, 9.17) is 20.3 Å². The largest absolute Gasteiger partial charge is 0.506 e. The summed E-state index contributed by atoms with van der Waals surface area (Å²) < 4.78 is 51.0. The Kier molecular flexibility index (Phi) is 7.90. The zero-order valence-corrected chi connectivity index (χ0v) is 17.3. The van der Waals surface area contributed by atoms with E-state index in [0.717, 1.165) is 25.1 Å². The molecule has 0 aliphatic heterocycles. The first-order chi connectivity index (χ1) is 15.4. The molecule has 174 valence electrons. The van der Waals surface area contributed by atoms with Crippen LogP contribution in [0.5, 0.6) is 17.2 Å². The number of hydrogen-bond acceptors (Lipinski definition) is 6. The van der Waals surface area contributed by atoms with Crippen LogP contribution in [0.15, 0.2) is 72.7 Å². The molecule has 0 aliphatic rings. The highest BCUT2D eigenvalue weighted by Gasteiger charge is 2.39. The van der Waals surface area contributed by atoms with Crippen molar-refractivity contribution in [2.45, 2.75) is 19.7 Å². The number of nitrogens with two attached hydrogens (primary N) is 1. The summed E-state index contributed by atoms with van der Waals surface area (Å²) in [5.41, 5.74) is 4.09. The lowest BCUT2D eigenvalue weighted by Gasteiger charge is -2.17. The Balaban J connectivity index is 2.22. The number of ketones is 1. The van der Waals surface area contributed by atoms with Gasteiger partial charge in [-0.2, -0.15) is 13.2 Å². The van der Waals surface area contributed by atoms with Crippen molar-refractivity contribution >= 4 is 11.8 Å². The predicted molar refractivity (Wildman–Crippen MR) is 113 cm³/mol. The van der Waals surface area contributed by atoms with E-state index in [0.29, 0.717) is 5.56 Å². The van der Waals surface area contributed by atoms with E-state index in [-0.39, 0.29) is 23.8 Å². The van der Waals surface area contributed by atoms with Gasteiger partial charge in [0.15, 0.2) is 11.7 Å². The fourth-order valence-electron chi connectivity index (χ4n) is 2.68. The van der Waals surface area contributed by atoms with Crippen molar-refractivity contribution in [3.63, 3.8) is 0 Å². The smallest absolute Gasteiger partial charge is 0.423 e. The van der Waals surface area contributed by atoms with E-state index in [2.05, 4.69) is 6.58 Å². The standard InChI is InChI=1S/C23H20F3NO6/c1-3-15(22(30)31)7-10-19(27)33-16-6-4-5-14(11-16)12-32-18-9-8-17(13(2)28)21(29)20(18)23(24,25)26/h3-11,29H,1,12,27H2,2H3,(H,30,31)/b15-7+,19-10+. The summed E-state index contributed by atoms with van der Waals surface area (Å²) >= 11 is 0. The molecule has 33 heavy (non-hydrogen) atoms. The van der Waals surface area contributed by atoms with Crippen LogP contribution in [0.4, 0.5) is 13.2 Å². The fraction of sp³-hybridized carbons (Fsp3) is 0.130. The summed E-state index contributed by atoms with van der Waals surface area (Å²) in [5, 5.41) is 18.9. The molecular weight excluding hydrogens is 443 g/mol. The van der Waals surface area contributed by atoms with Gasteiger partial charge in [0.1, 0.15) is 29.4 Å². The average molecular weight is 463 g/mol. The number of halogens is 3. The van der Waals surface area contributed by atoms with Crippen LogP contribution in [-0.4, -0.2) is 22.0 Å². The Morgan fingerprint density at radius 2 is 1.88 bits per heavy atom. The summed E-state index contributed by atoms with van der Waals surface area (Å²) in [6.07, 6.45) is -1.43. The first-order valence-corrected chi connectivity index (χ1v) is 9.31. The van der Waals surface area contributed by atoms with Crippen LogP contribution in [0.25, 0.3) is 0 Å². The highest BCUT2D eigenvalue weighted by molar-refractivity contribution is 5.97. The van der Waals surface area contributed by atoms with Crippen molar-refractivity contribution in [3.05, 3.63) is 89.4 Å². The molecule has 0 atom stereocenters. The molecule has 10 heteroatoms. The normalized spacial score (nSPS) is 12.2. The van der Waals surface area contributed by atoms with Crippen LogP contribution < -0.4 is 15.2 Å². The maximum atomic E-state index is 13.5. The number of allylic oxidation sites excluding steroid dienone is 2. The Morgan fingerprint density at radius 1 is 1.18 bits per heavy atom. The molecule has 2 aromatic carbocycles. The van der Waals surface area contributed by atoms with Crippen LogP contribution in [-0.2, 0) is 17.6 Å². The maximum Gasteiger partial charge on any atom is 0.423 e. The molecule has 2 rings (SSSR count). The Bertz CT molecular complexity index is 1140. The van der Waals surface area contributed by atoms with Crippen LogP contribution in [0, 0.1) is 0 Å². The summed E-state index contributed by atoms with van der Waals surface area (Å²) in [5.74, 6) is -3.69. The minimum absolute atomic E-state index is 0.108. The zero-order chi connectivity index (χ0) is 24.8. The van der Waals surface area contributed by atoms with E-state index >= 15 is 0 Å². The molecule has 7 nitrogen and oxygen atoms in total. The van der Waals surface area contributed by atoms with Gasteiger partial charge in [-0.05, 0) is 48.9 Å². The molecule has 0 spiro atoms. The first-order valence-electron chi connectivity index (χ1n) is 9.31. The van der Waals surface area contributed by atoms with Gasteiger partial charge in [0.05, 0.1) is 11.1 Å². The van der Waals surface area contributed by atoms with Crippen molar-refractivity contribution in [1.29, 1.82) is 0 Å². The molecule has 4 N–H and O–H groups in total. The van der Waals surface area contributed by atoms with Crippen LogP contribution in [0.2, 0.25) is 0 Å². The number of aliphatic carboxylic acids is 1. The second-order valence-corrected chi connectivity index (χ2v) is 6.63. The van der Waals surface area contributed by atoms with E-state index in [1.807, 2.05) is 0 Å². The van der Waals surface area contributed by atoms with Crippen LogP contribution in [0.3, 0.4) is 0 Å². The number of phenolic OH excluding ortho intramolecular Hbond substituents is 1. The minimum Gasteiger partial charge on any atom is -0.506 e. The lowest BCUT2D eigenvalue weighted by atomic mass is 10.0. The third kappa shape index (κ3) is 6.63. The van der Waals surface area contributed by atoms with Gasteiger partial charge in [0.2, 0.25) is 0 Å². The molecule has 0 unspecified atom stereocenters. The molecule has 0 radical (unpaired) electrons. The minimum atomic E-state index is -4.96. The number of carbonyl (C=O) groups excluding carboxylic acids is 1. The van der Waals surface area contributed by atoms with E-state index < -0.39 is 40.6 Å². The number of hydrogen-bond donors (Lipinski definition) is 3. The van der Waals surface area contributed by atoms with Crippen LogP contribution in [0.1, 0.15) is 28.4 Å². The van der Waals surface area contributed by atoms with Gasteiger partial charge in [-0.1, -0.05) is 24.8 Å². The second-order valence-electron chi connectivity index (χ2n) is 6.63. The Hall–Kier alpha value is -4.21. The van der Waals surface area contributed by atoms with Gasteiger partial charge < -0.3 is 25.4 Å². The third-order valence-corrected chi connectivity index (χ3v) is 4.22. The monoisotopic (exact) mass is 463 g/mol. The summed E-state index contributed by atoms with van der Waals surface area (Å²) in [4.78, 5) is 22.4. The van der Waals surface area contributed by atoms with E-state index in [1.165, 1.54) is 24.3 Å². The molecule has 0 aliphatic carbocycles. The summed E-state index contributed by atoms with van der Waals surface area (Å²) in [6, 6.07) is 8.09. The third-order valence-electron chi connectivity index (χ3n) is 4.22. The Labute approximate surface area is 186 Å². The van der Waals surface area contributed by atoms with Crippen molar-refractivity contribution in [2.24, 2.45) is 5.73 Å². The number of aromatic hydroxyl groups is 1. The topological polar surface area (TPSA) is 119 Å². The highest BCUT2D eigenvalue weighted by atomic mass is 19.4. The number of rotatable bonds is 9. The highest BCUT2D eigenvalue weighted by Crippen LogP contribution is 2.44. The molecule has 0 saturated heterocycles. The maximum absolute atomic E-state index is 13.5. The van der Waals surface area contributed by atoms with Gasteiger partial charge in [0.25, 0.3) is 0 Å². The summed E-state index contributed by atoms with van der Waals surface area (Å²) in [6.45, 7) is 4.09. The second kappa shape index (κ2) is 10.4. The van der Waals surface area contributed by atoms with Crippen molar-refractivity contribution < 1.29 is 42.4 Å². The quantitative estimate of drug-likeness (QED) is 0.216. The van der Waals surface area contributed by atoms with Crippen molar-refractivity contribution in [1.82, 2.24) is 0 Å². The van der Waals surface area contributed by atoms with E-state index in [9.17, 15) is 27.9 Å². The molecule has 0 aromatic heterocycles. The van der Waals surface area contributed by atoms with E-state index in [1.54, 1.807) is 12.1 Å². The average Bonchev–Trinajstić information content (AvgIpc) is 2.71. The summed E-state index contributed by atoms with van der Waals surface area (Å²) in [7, 11) is 0. The molecule has 0 bridgehead atoms. The number of Topliss-reactive ketones (excluding diaryl/α,β-unsaturated/α-hetero) is 1. The number of ether oxygens (including phenoxy) is 2. The lowest BCUT2D eigenvalue weighted by molar-refractivity contribution is -0.140. The van der Waals surface area contributed by atoms with Gasteiger partial charge in [-0.15, -0.1) is 0 Å². The molecule has 0 heterocycles. The SMILES string of the molecule is C=C/C(=C\C=C(/N)Oc1cccc(COc2ccc(C(C)=O)c(O)c2C(F)(F)F)c1)C(=O)O. The first kappa shape index (κ1) is 25.1. The van der Waals surface area contributed by atoms with Crippen molar-refractivity contribution in [2.75, 3.05) is 0 Å². The number of carbonyl (C=O) groups is 2. The molecule has 2 aromatic rings. The number of alkyl halides is 3. The van der Waals surface area contributed by atoms with Gasteiger partial charge in [-0.3, -0.25) is 4.79 Å².